The van der Waals surface area contributed by atoms with Crippen LogP contribution in [0.5, 0.6) is 0 Å². The molecule has 9 amide bonds. The summed E-state index contributed by atoms with van der Waals surface area (Å²) in [6.45, 7) is 7.06. The lowest BCUT2D eigenvalue weighted by Crippen LogP contribution is -2.41. The Kier molecular flexibility index (Phi) is 41.8. The van der Waals surface area contributed by atoms with Gasteiger partial charge in [0.15, 0.2) is 23.3 Å². The van der Waals surface area contributed by atoms with Crippen LogP contribution in [0, 0.1) is 58.9 Å². The normalized spacial score (nSPS) is 16.2. The highest BCUT2D eigenvalue weighted by Crippen LogP contribution is 2.53. The number of likely N-dealkylation sites (tertiary alicyclic amines) is 5. The van der Waals surface area contributed by atoms with Gasteiger partial charge in [0, 0.05) is 141 Å². The average Bonchev–Trinajstić information content (AvgIpc) is 1.58. The maximum atomic E-state index is 13.3. The molecule has 5 aromatic heterocycles. The Balaban J connectivity index is 0.000000249. The van der Waals surface area contributed by atoms with E-state index in [-0.39, 0.29) is 126 Å². The Morgan fingerprint density at radius 2 is 0.656 bits per heavy atom. The summed E-state index contributed by atoms with van der Waals surface area (Å²) < 4.78 is 45.2. The highest BCUT2D eigenvalue weighted by Gasteiger charge is 2.56. The summed E-state index contributed by atoms with van der Waals surface area (Å²) in [4.78, 5) is 127. The van der Waals surface area contributed by atoms with Gasteiger partial charge in [0.1, 0.15) is 17.5 Å². The van der Waals surface area contributed by atoms with Crippen LogP contribution in [0.3, 0.4) is 0 Å². The molecule has 16 rings (SSSR count). The lowest BCUT2D eigenvalue weighted by molar-refractivity contribution is -0.131. The summed E-state index contributed by atoms with van der Waals surface area (Å²) in [5.74, 6) is 4.57. The second-order valence-electron chi connectivity index (χ2n) is 32.5. The summed E-state index contributed by atoms with van der Waals surface area (Å²) >= 11 is 12.1. The van der Waals surface area contributed by atoms with Crippen molar-refractivity contribution in [2.24, 2.45) is 76.7 Å². The van der Waals surface area contributed by atoms with Crippen LogP contribution in [0.4, 0.5) is 55.6 Å². The molecule has 5 saturated heterocycles. The molecule has 10 heterocycles. The van der Waals surface area contributed by atoms with E-state index in [0.717, 1.165) is 136 Å². The molecule has 706 valence electrons. The SMILES string of the molecule is C.C.C.C.C.C.Cn1nc(CC(=O)N2CCC(Cc3cccc(F)c3)CC2)ccc1=O.Cn1nc(NC(=O)N2CC3C(Cc4ccc(F)cc4)C3C2)ccc1=O.Cn1nc(NC(=O)N2CCC(Cc3ccc(Cl)cc3)CC2)ccc1=O.Cn1nc(NC(=O)N2CCC(Cc3ccc(F)cc3)CC2)ccc1=O.Cn1nc(NC(=O)N2CCC(Cc3ccccc3Cl)CC2)ccc1=O. The molecule has 1 aliphatic carbocycles. The van der Waals surface area contributed by atoms with Gasteiger partial charge in [-0.25, -0.2) is 55.8 Å². The van der Waals surface area contributed by atoms with Crippen LogP contribution in [0.2, 0.25) is 10.0 Å². The Bertz CT molecular complexity index is 5380. The molecule has 0 spiro atoms. The highest BCUT2D eigenvalue weighted by atomic mass is 35.5. The number of piperidine rings is 5. The number of benzene rings is 5. The van der Waals surface area contributed by atoms with Crippen molar-refractivity contribution < 1.29 is 37.1 Å². The predicted molar refractivity (Wildman–Crippen MR) is 512 cm³/mol. The molecular formula is C97H128Cl2F3N19O10. The van der Waals surface area contributed by atoms with E-state index in [2.05, 4.69) is 65.0 Å². The summed E-state index contributed by atoms with van der Waals surface area (Å²) in [6.07, 6.45) is 12.3. The van der Waals surface area contributed by atoms with Crippen molar-refractivity contribution in [2.75, 3.05) is 86.7 Å². The molecule has 6 aliphatic rings. The van der Waals surface area contributed by atoms with E-state index in [1.54, 1.807) is 73.0 Å². The van der Waals surface area contributed by atoms with Crippen molar-refractivity contribution in [3.05, 3.63) is 295 Å². The third kappa shape index (κ3) is 31.9. The minimum absolute atomic E-state index is 0. The minimum atomic E-state index is -0.223. The van der Waals surface area contributed by atoms with Gasteiger partial charge in [-0.15, -0.1) is 0 Å². The molecule has 131 heavy (non-hydrogen) atoms. The molecule has 0 radical (unpaired) electrons. The maximum Gasteiger partial charge on any atom is 0.323 e. The fourth-order valence-electron chi connectivity index (χ4n) is 16.2. The summed E-state index contributed by atoms with van der Waals surface area (Å²) in [7, 11) is 7.77. The monoisotopic (exact) mass is 1850 g/mol. The van der Waals surface area contributed by atoms with Crippen molar-refractivity contribution in [3.8, 4) is 0 Å². The van der Waals surface area contributed by atoms with E-state index in [1.165, 1.54) is 119 Å². The quantitative estimate of drug-likeness (QED) is 0.0698. The minimum Gasteiger partial charge on any atom is -0.342 e. The topological polar surface area (TPSA) is 324 Å². The lowest BCUT2D eigenvalue weighted by atomic mass is 9.90. The second-order valence-corrected chi connectivity index (χ2v) is 33.4. The molecule has 10 aromatic rings. The lowest BCUT2D eigenvalue weighted by Gasteiger charge is -2.32. The first-order valence-corrected chi connectivity index (χ1v) is 42.8. The Hall–Kier alpha value is -12.6. The van der Waals surface area contributed by atoms with Crippen molar-refractivity contribution >= 4 is 76.5 Å². The number of carbonyl (C=O) groups is 5. The molecule has 0 bridgehead atoms. The number of carbonyl (C=O) groups excluding carboxylic acids is 5. The summed E-state index contributed by atoms with van der Waals surface area (Å²) in [6, 6.07) is 49.8. The third-order valence-electron chi connectivity index (χ3n) is 23.6. The van der Waals surface area contributed by atoms with E-state index < -0.39 is 0 Å². The molecular weight excluding hydrogens is 1720 g/mol. The van der Waals surface area contributed by atoms with E-state index >= 15 is 0 Å². The van der Waals surface area contributed by atoms with Crippen molar-refractivity contribution in [1.29, 1.82) is 0 Å². The van der Waals surface area contributed by atoms with Crippen molar-refractivity contribution in [2.45, 2.75) is 134 Å². The molecule has 4 N–H and O–H groups in total. The van der Waals surface area contributed by atoms with Crippen LogP contribution < -0.4 is 49.1 Å². The smallest absolute Gasteiger partial charge is 0.323 e. The van der Waals surface area contributed by atoms with Crippen molar-refractivity contribution in [3.63, 3.8) is 0 Å². The van der Waals surface area contributed by atoms with Crippen LogP contribution in [-0.2, 0) is 78.6 Å². The third-order valence-corrected chi connectivity index (χ3v) is 24.2. The number of aryl methyl sites for hydroxylation is 5. The standard InChI is InChI=1S/C19H22FN3O2.2C18H21ClN4O2.C18H19FN4O2.C18H21FN4O2.6CH4/c1-22-18(24)6-5-17(21-22)13-19(25)23-9-7-14(8-10-23)11-15-3-2-4-16(20)12-15;1-22-17(24)7-6-16(21-22)20-18(25)23-10-8-14(9-11-23)12-13-2-4-15(19)5-3-13;1-22-17(24)7-6-16(21-22)20-18(25)23-10-8-13(9-11-23)12-14-4-2-3-5-15(14)19;1-22-17(24)7-6-16(21-22)20-18(25)23-9-14-13(15(14)10-23)8-11-2-4-12(19)5-3-11;1-22-17(24)7-6-16(21-22)20-18(25)23-10-8-14(9-11-23)12-13-2-4-15(19)5-3-13;;;;;;/h2-6,12,14H,7-11,13H2,1H3;2-7,14H,8-12H2,1H3,(H,20,21,25);2-7,13H,8-12H2,1H3,(H,20,21,25);2-7,13-15H,8-10H2,1H3,(H,20,21,25);2-7,14H,8-12H2,1H3,(H,20,21,25);6*1H4. The number of aromatic nitrogens is 10. The van der Waals surface area contributed by atoms with E-state index in [0.29, 0.717) is 110 Å². The van der Waals surface area contributed by atoms with Crippen LogP contribution in [0.25, 0.3) is 0 Å². The summed E-state index contributed by atoms with van der Waals surface area (Å²) in [5, 5.41) is 32.7. The van der Waals surface area contributed by atoms with Crippen molar-refractivity contribution in [1.82, 2.24) is 73.4 Å². The number of hydrogen-bond acceptors (Lipinski definition) is 15. The molecule has 29 nitrogen and oxygen atoms in total. The van der Waals surface area contributed by atoms with Crippen LogP contribution >= 0.6 is 23.2 Å². The number of urea groups is 4. The zero-order chi connectivity index (χ0) is 88.8. The number of rotatable bonds is 16. The molecule has 1 saturated carbocycles. The van der Waals surface area contributed by atoms with Gasteiger partial charge in [-0.1, -0.05) is 134 Å². The van der Waals surface area contributed by atoms with Crippen LogP contribution in [-0.4, -0.2) is 169 Å². The Labute approximate surface area is 775 Å². The molecule has 2 atom stereocenters. The fourth-order valence-corrected chi connectivity index (χ4v) is 16.6. The van der Waals surface area contributed by atoms with Gasteiger partial charge >= 0.3 is 24.1 Å². The van der Waals surface area contributed by atoms with Gasteiger partial charge in [-0.3, -0.25) is 50.0 Å². The van der Waals surface area contributed by atoms with E-state index in [1.807, 2.05) is 65.6 Å². The highest BCUT2D eigenvalue weighted by molar-refractivity contribution is 6.31. The summed E-state index contributed by atoms with van der Waals surface area (Å²) in [5.41, 5.74) is 5.29. The number of anilines is 4. The molecule has 5 aliphatic heterocycles. The number of amides is 9. The predicted octanol–water partition coefficient (Wildman–Crippen LogP) is 15.9. The van der Waals surface area contributed by atoms with E-state index in [4.69, 9.17) is 23.2 Å². The zero-order valence-corrected chi connectivity index (χ0v) is 72.0. The van der Waals surface area contributed by atoms with Gasteiger partial charge in [0.05, 0.1) is 12.1 Å². The number of nitrogens with one attached hydrogen (secondary N) is 4. The van der Waals surface area contributed by atoms with E-state index in [9.17, 15) is 61.1 Å². The Morgan fingerprint density at radius 1 is 0.336 bits per heavy atom. The first-order chi connectivity index (χ1) is 60.1. The van der Waals surface area contributed by atoms with Gasteiger partial charge in [-0.2, -0.15) is 25.5 Å². The van der Waals surface area contributed by atoms with Gasteiger partial charge in [-0.05, 0) is 238 Å². The maximum absolute atomic E-state index is 13.3. The average molecular weight is 1850 g/mol. The molecule has 5 aromatic carbocycles. The first kappa shape index (κ1) is 107. The van der Waals surface area contributed by atoms with Gasteiger partial charge < -0.3 is 24.5 Å². The van der Waals surface area contributed by atoms with Gasteiger partial charge in [0.2, 0.25) is 5.91 Å². The first-order valence-electron chi connectivity index (χ1n) is 42.0. The number of hydrogen-bond donors (Lipinski definition) is 4. The Morgan fingerprint density at radius 3 is 1.02 bits per heavy atom. The number of fused-ring (bicyclic) bond motifs is 1. The number of nitrogens with zero attached hydrogens (tertiary/aromatic N) is 15. The molecule has 6 fully saturated rings. The molecule has 2 unspecified atom stereocenters. The number of halogens is 5. The van der Waals surface area contributed by atoms with Crippen LogP contribution in [0.1, 0.15) is 129 Å². The second kappa shape index (κ2) is 51.1. The fraction of sp³-hybridized carbons (Fsp3) is 0.433. The zero-order valence-electron chi connectivity index (χ0n) is 70.5. The largest absolute Gasteiger partial charge is 0.342 e. The van der Waals surface area contributed by atoms with Crippen LogP contribution in [0.15, 0.2) is 206 Å². The van der Waals surface area contributed by atoms with Gasteiger partial charge in [0.25, 0.3) is 27.8 Å². The molecule has 34 heteroatoms.